The van der Waals surface area contributed by atoms with E-state index in [9.17, 15) is 18.0 Å². The summed E-state index contributed by atoms with van der Waals surface area (Å²) in [6.07, 6.45) is -4.00. The normalized spacial score (nSPS) is 36.2. The smallest absolute Gasteiger partial charge is 0.393 e. The van der Waals surface area contributed by atoms with Gasteiger partial charge >= 0.3 is 6.18 Å². The van der Waals surface area contributed by atoms with E-state index in [2.05, 4.69) is 10.6 Å². The van der Waals surface area contributed by atoms with Gasteiger partial charge < -0.3 is 15.7 Å². The average molecular weight is 266 g/mol. The number of rotatable bonds is 3. The van der Waals surface area contributed by atoms with Crippen molar-refractivity contribution in [3.8, 4) is 0 Å². The molecule has 2 aliphatic rings. The number of carbonyl (C=O) groups is 1. The molecule has 2 rings (SSSR count). The Labute approximate surface area is 103 Å². The van der Waals surface area contributed by atoms with Crippen LogP contribution < -0.4 is 10.6 Å². The first-order valence-electron chi connectivity index (χ1n) is 6.09. The zero-order valence-electron chi connectivity index (χ0n) is 9.89. The Hall–Kier alpha value is -0.820. The van der Waals surface area contributed by atoms with Gasteiger partial charge in [0.1, 0.15) is 0 Å². The summed E-state index contributed by atoms with van der Waals surface area (Å²) < 4.78 is 39.0. The van der Waals surface area contributed by atoms with E-state index in [1.165, 1.54) is 0 Å². The molecule has 1 atom stereocenters. The van der Waals surface area contributed by atoms with Gasteiger partial charge in [0, 0.05) is 13.1 Å². The number of amides is 1. The fraction of sp³-hybridized carbons (Fsp3) is 0.909. The molecular weight excluding hydrogens is 249 g/mol. The molecule has 0 aromatic carbocycles. The zero-order valence-corrected chi connectivity index (χ0v) is 9.89. The molecule has 0 radical (unpaired) electrons. The first-order chi connectivity index (χ1) is 8.35. The lowest BCUT2D eigenvalue weighted by molar-refractivity contribution is -0.216. The first kappa shape index (κ1) is 13.6. The molecule has 1 amide bonds. The summed E-state index contributed by atoms with van der Waals surface area (Å²) in [6.45, 7) is 0.0679. The maximum Gasteiger partial charge on any atom is 0.404 e. The lowest BCUT2D eigenvalue weighted by Crippen LogP contribution is -2.53. The lowest BCUT2D eigenvalue weighted by Gasteiger charge is -2.34. The van der Waals surface area contributed by atoms with E-state index in [1.807, 2.05) is 0 Å². The molecule has 3 N–H and O–H groups in total. The van der Waals surface area contributed by atoms with Crippen LogP contribution in [0.3, 0.4) is 0 Å². The van der Waals surface area contributed by atoms with Crippen LogP contribution in [0, 0.1) is 11.3 Å². The van der Waals surface area contributed by atoms with Crippen molar-refractivity contribution in [2.24, 2.45) is 11.3 Å². The van der Waals surface area contributed by atoms with Crippen LogP contribution in [0.5, 0.6) is 0 Å². The number of carbonyl (C=O) groups excluding carboxylic acids is 1. The fourth-order valence-corrected chi connectivity index (χ4v) is 2.53. The van der Waals surface area contributed by atoms with Crippen molar-refractivity contribution >= 4 is 5.91 Å². The summed E-state index contributed by atoms with van der Waals surface area (Å²) in [6, 6.07) is 0. The average Bonchev–Trinajstić information content (AvgIpc) is 2.71. The highest BCUT2D eigenvalue weighted by molar-refractivity contribution is 5.84. The van der Waals surface area contributed by atoms with Gasteiger partial charge in [-0.25, -0.2) is 0 Å². The SMILES string of the molecule is O=C(NCC1CC(O)C1)C1(C(F)(F)F)CCNC1. The summed E-state index contributed by atoms with van der Waals surface area (Å²) in [5.41, 5.74) is -2.28. The van der Waals surface area contributed by atoms with Crippen LogP contribution in [0.15, 0.2) is 0 Å². The number of aliphatic hydroxyl groups is 1. The number of halogens is 3. The van der Waals surface area contributed by atoms with Crippen LogP contribution in [-0.4, -0.2) is 42.9 Å². The Morgan fingerprint density at radius 1 is 1.44 bits per heavy atom. The van der Waals surface area contributed by atoms with Gasteiger partial charge in [0.2, 0.25) is 5.91 Å². The topological polar surface area (TPSA) is 61.4 Å². The maximum absolute atomic E-state index is 13.0. The van der Waals surface area contributed by atoms with E-state index < -0.39 is 17.5 Å². The van der Waals surface area contributed by atoms with Gasteiger partial charge in [0.15, 0.2) is 5.41 Å². The minimum absolute atomic E-state index is 0.101. The van der Waals surface area contributed by atoms with Crippen molar-refractivity contribution in [1.29, 1.82) is 0 Å². The van der Waals surface area contributed by atoms with E-state index in [1.54, 1.807) is 0 Å². The summed E-state index contributed by atoms with van der Waals surface area (Å²) in [5.74, 6) is -0.843. The van der Waals surface area contributed by atoms with E-state index in [0.717, 1.165) is 0 Å². The Morgan fingerprint density at radius 2 is 2.11 bits per heavy atom. The molecular formula is C11H17F3N2O2. The van der Waals surface area contributed by atoms with Crippen LogP contribution in [0.25, 0.3) is 0 Å². The largest absolute Gasteiger partial charge is 0.404 e. The minimum atomic E-state index is -4.53. The molecule has 1 saturated carbocycles. The van der Waals surface area contributed by atoms with Gasteiger partial charge in [-0.3, -0.25) is 4.79 Å². The van der Waals surface area contributed by atoms with E-state index in [-0.39, 0.29) is 38.1 Å². The number of hydrogen-bond donors (Lipinski definition) is 3. The Morgan fingerprint density at radius 3 is 2.56 bits per heavy atom. The summed E-state index contributed by atoms with van der Waals surface area (Å²) in [4.78, 5) is 11.8. The molecule has 4 nitrogen and oxygen atoms in total. The molecule has 1 aliphatic carbocycles. The Kier molecular flexibility index (Phi) is 3.55. The van der Waals surface area contributed by atoms with Crippen molar-refractivity contribution in [2.75, 3.05) is 19.6 Å². The molecule has 1 aliphatic heterocycles. The van der Waals surface area contributed by atoms with Crippen molar-refractivity contribution in [3.63, 3.8) is 0 Å². The van der Waals surface area contributed by atoms with E-state index >= 15 is 0 Å². The molecule has 1 heterocycles. The quantitative estimate of drug-likeness (QED) is 0.693. The van der Waals surface area contributed by atoms with Crippen LogP contribution in [0.2, 0.25) is 0 Å². The number of aliphatic hydroxyl groups excluding tert-OH is 1. The fourth-order valence-electron chi connectivity index (χ4n) is 2.53. The number of alkyl halides is 3. The molecule has 18 heavy (non-hydrogen) atoms. The summed E-state index contributed by atoms with van der Waals surface area (Å²) >= 11 is 0. The minimum Gasteiger partial charge on any atom is -0.393 e. The van der Waals surface area contributed by atoms with Gasteiger partial charge in [-0.2, -0.15) is 13.2 Å². The highest BCUT2D eigenvalue weighted by atomic mass is 19.4. The molecule has 2 fully saturated rings. The molecule has 0 spiro atoms. The zero-order chi connectivity index (χ0) is 13.4. The molecule has 0 aromatic heterocycles. The monoisotopic (exact) mass is 266 g/mol. The second kappa shape index (κ2) is 4.70. The third-order valence-corrected chi connectivity index (χ3v) is 3.89. The van der Waals surface area contributed by atoms with Gasteiger partial charge in [-0.05, 0) is 31.7 Å². The third kappa shape index (κ3) is 2.33. The second-order valence-corrected chi connectivity index (χ2v) is 5.21. The molecule has 0 aromatic rings. The highest BCUT2D eigenvalue weighted by Gasteiger charge is 2.61. The van der Waals surface area contributed by atoms with E-state index in [0.29, 0.717) is 12.8 Å². The summed E-state index contributed by atoms with van der Waals surface area (Å²) in [5, 5.41) is 14.1. The van der Waals surface area contributed by atoms with Gasteiger partial charge in [0.05, 0.1) is 6.10 Å². The predicted molar refractivity (Wildman–Crippen MR) is 57.7 cm³/mol. The molecule has 0 bridgehead atoms. The lowest BCUT2D eigenvalue weighted by atomic mass is 9.81. The predicted octanol–water partition coefficient (Wildman–Crippen LogP) is 0.415. The maximum atomic E-state index is 13.0. The first-order valence-corrected chi connectivity index (χ1v) is 6.09. The number of nitrogens with one attached hydrogen (secondary N) is 2. The standard InChI is InChI=1S/C11H17F3N2O2/c12-11(13,14)10(1-2-15-6-10)9(18)16-5-7-3-8(17)4-7/h7-8,15,17H,1-6H2,(H,16,18). The van der Waals surface area contributed by atoms with Crippen molar-refractivity contribution < 1.29 is 23.1 Å². The van der Waals surface area contributed by atoms with Gasteiger partial charge in [0.25, 0.3) is 0 Å². The number of hydrogen-bond acceptors (Lipinski definition) is 3. The van der Waals surface area contributed by atoms with Crippen LogP contribution in [0.1, 0.15) is 19.3 Å². The second-order valence-electron chi connectivity index (χ2n) is 5.21. The molecule has 104 valence electrons. The summed E-state index contributed by atoms with van der Waals surface area (Å²) in [7, 11) is 0. The van der Waals surface area contributed by atoms with E-state index in [4.69, 9.17) is 5.11 Å². The Bertz CT molecular complexity index is 321. The molecule has 1 unspecified atom stereocenters. The van der Waals surface area contributed by atoms with Crippen molar-refractivity contribution in [3.05, 3.63) is 0 Å². The third-order valence-electron chi connectivity index (χ3n) is 3.89. The highest BCUT2D eigenvalue weighted by Crippen LogP contribution is 2.43. The van der Waals surface area contributed by atoms with Crippen LogP contribution in [-0.2, 0) is 4.79 Å². The molecule has 7 heteroatoms. The van der Waals surface area contributed by atoms with Crippen LogP contribution in [0.4, 0.5) is 13.2 Å². The van der Waals surface area contributed by atoms with Crippen molar-refractivity contribution in [2.45, 2.75) is 31.5 Å². The van der Waals surface area contributed by atoms with Crippen LogP contribution >= 0.6 is 0 Å². The van der Waals surface area contributed by atoms with Gasteiger partial charge in [-0.15, -0.1) is 0 Å². The Balaban J connectivity index is 1.93. The van der Waals surface area contributed by atoms with Crippen molar-refractivity contribution in [1.82, 2.24) is 10.6 Å². The van der Waals surface area contributed by atoms with Gasteiger partial charge in [-0.1, -0.05) is 0 Å². The molecule has 1 saturated heterocycles.